The van der Waals surface area contributed by atoms with Crippen molar-refractivity contribution < 1.29 is 15.0 Å². The molecule has 0 spiro atoms. The highest BCUT2D eigenvalue weighted by molar-refractivity contribution is 6.32. The lowest BCUT2D eigenvalue weighted by Gasteiger charge is -2.12. The number of nitrogens with two attached hydrogens (primary N) is 1. The molecule has 0 aliphatic rings. The second-order valence-electron chi connectivity index (χ2n) is 3.29. The highest BCUT2D eigenvalue weighted by Gasteiger charge is 2.19. The van der Waals surface area contributed by atoms with E-state index in [0.717, 1.165) is 0 Å². The van der Waals surface area contributed by atoms with Gasteiger partial charge in [-0.25, -0.2) is 0 Å². The molecule has 1 atom stereocenters. The molecule has 0 aliphatic carbocycles. The van der Waals surface area contributed by atoms with Gasteiger partial charge in [0.15, 0.2) is 0 Å². The van der Waals surface area contributed by atoms with E-state index in [4.69, 9.17) is 22.4 Å². The molecule has 0 heterocycles. The zero-order chi connectivity index (χ0) is 11.6. The van der Waals surface area contributed by atoms with Gasteiger partial charge in [-0.05, 0) is 24.1 Å². The van der Waals surface area contributed by atoms with Crippen molar-refractivity contribution in [2.45, 2.75) is 12.8 Å². The van der Waals surface area contributed by atoms with Gasteiger partial charge >= 0.3 is 5.97 Å². The number of carboxylic acids is 1. The minimum absolute atomic E-state index is 0.00409. The minimum atomic E-state index is -1.00. The smallest absolute Gasteiger partial charge is 0.312 e. The Labute approximate surface area is 92.3 Å². The molecule has 4 N–H and O–H groups in total. The third-order valence-corrected chi connectivity index (χ3v) is 2.50. The number of aryl methyl sites for hydroxylation is 1. The van der Waals surface area contributed by atoms with E-state index in [-0.39, 0.29) is 17.3 Å². The molecule has 4 nitrogen and oxygen atoms in total. The van der Waals surface area contributed by atoms with Gasteiger partial charge in [-0.15, -0.1) is 0 Å². The molecular weight excluding hydrogens is 218 g/mol. The molecular formula is C10H12ClNO3. The van der Waals surface area contributed by atoms with Crippen molar-refractivity contribution >= 4 is 17.6 Å². The number of hydrogen-bond acceptors (Lipinski definition) is 3. The van der Waals surface area contributed by atoms with Crippen LogP contribution in [0, 0.1) is 6.92 Å². The number of hydrogen-bond donors (Lipinski definition) is 3. The second-order valence-corrected chi connectivity index (χ2v) is 3.70. The number of halogens is 1. The molecule has 0 radical (unpaired) electrons. The molecule has 1 aromatic rings. The second kappa shape index (κ2) is 4.51. The average molecular weight is 230 g/mol. The first kappa shape index (κ1) is 11.8. The van der Waals surface area contributed by atoms with Crippen LogP contribution in [-0.2, 0) is 4.79 Å². The molecule has 15 heavy (non-hydrogen) atoms. The Balaban J connectivity index is 3.20. The van der Waals surface area contributed by atoms with Crippen molar-refractivity contribution in [1.82, 2.24) is 0 Å². The maximum absolute atomic E-state index is 10.9. The molecule has 0 saturated carbocycles. The van der Waals surface area contributed by atoms with E-state index in [1.807, 2.05) is 0 Å². The van der Waals surface area contributed by atoms with E-state index in [9.17, 15) is 9.90 Å². The third kappa shape index (κ3) is 2.40. The Kier molecular flexibility index (Phi) is 3.55. The summed E-state index contributed by atoms with van der Waals surface area (Å²) in [4.78, 5) is 10.9. The number of carbonyl (C=O) groups is 1. The summed E-state index contributed by atoms with van der Waals surface area (Å²) < 4.78 is 0. The van der Waals surface area contributed by atoms with Crippen molar-refractivity contribution in [3.63, 3.8) is 0 Å². The van der Waals surface area contributed by atoms with Crippen molar-refractivity contribution in [2.24, 2.45) is 5.73 Å². The first-order chi connectivity index (χ1) is 6.97. The largest absolute Gasteiger partial charge is 0.506 e. The van der Waals surface area contributed by atoms with Crippen molar-refractivity contribution in [3.8, 4) is 5.75 Å². The predicted molar refractivity (Wildman–Crippen MR) is 57.3 cm³/mol. The van der Waals surface area contributed by atoms with E-state index < -0.39 is 11.9 Å². The summed E-state index contributed by atoms with van der Waals surface area (Å²) in [5.74, 6) is -1.82. The van der Waals surface area contributed by atoms with Crippen LogP contribution in [0.2, 0.25) is 5.02 Å². The third-order valence-electron chi connectivity index (χ3n) is 2.21. The number of phenolic OH excluding ortho intramolecular Hbond substituents is 1. The number of carboxylic acid groups (broad SMARTS) is 1. The number of benzene rings is 1. The van der Waals surface area contributed by atoms with Crippen molar-refractivity contribution in [2.75, 3.05) is 6.54 Å². The molecule has 5 heteroatoms. The van der Waals surface area contributed by atoms with Crippen LogP contribution in [-0.4, -0.2) is 22.7 Å². The lowest BCUT2D eigenvalue weighted by molar-refractivity contribution is -0.138. The molecule has 0 bridgehead atoms. The van der Waals surface area contributed by atoms with Gasteiger partial charge in [0.25, 0.3) is 0 Å². The van der Waals surface area contributed by atoms with E-state index in [1.54, 1.807) is 13.0 Å². The highest BCUT2D eigenvalue weighted by Crippen LogP contribution is 2.31. The van der Waals surface area contributed by atoms with Gasteiger partial charge < -0.3 is 15.9 Å². The molecule has 1 unspecified atom stereocenters. The lowest BCUT2D eigenvalue weighted by atomic mass is 9.97. The summed E-state index contributed by atoms with van der Waals surface area (Å²) in [6, 6.07) is 3.00. The SMILES string of the molecule is Cc1cc(C(CN)C(=O)O)cc(Cl)c1O. The summed E-state index contributed by atoms with van der Waals surface area (Å²) in [7, 11) is 0. The maximum Gasteiger partial charge on any atom is 0.312 e. The quantitative estimate of drug-likeness (QED) is 0.733. The fourth-order valence-electron chi connectivity index (χ4n) is 1.34. The first-order valence-corrected chi connectivity index (χ1v) is 4.77. The molecule has 1 rings (SSSR count). The zero-order valence-electron chi connectivity index (χ0n) is 8.20. The van der Waals surface area contributed by atoms with Gasteiger partial charge in [0, 0.05) is 6.54 Å². The van der Waals surface area contributed by atoms with Gasteiger partial charge in [0.1, 0.15) is 5.75 Å². The summed E-state index contributed by atoms with van der Waals surface area (Å²) in [5, 5.41) is 18.4. The van der Waals surface area contributed by atoms with Crippen LogP contribution in [0.1, 0.15) is 17.0 Å². The number of aliphatic carboxylic acids is 1. The Morgan fingerprint density at radius 2 is 2.20 bits per heavy atom. The summed E-state index contributed by atoms with van der Waals surface area (Å²) in [6.07, 6.45) is 0. The summed E-state index contributed by atoms with van der Waals surface area (Å²) in [6.45, 7) is 1.65. The maximum atomic E-state index is 10.9. The van der Waals surface area contributed by atoms with Gasteiger partial charge in [-0.3, -0.25) is 4.79 Å². The molecule has 82 valence electrons. The van der Waals surface area contributed by atoms with Crippen molar-refractivity contribution in [3.05, 3.63) is 28.3 Å². The molecule has 0 aliphatic heterocycles. The Morgan fingerprint density at radius 3 is 2.60 bits per heavy atom. The van der Waals surface area contributed by atoms with Crippen LogP contribution in [0.15, 0.2) is 12.1 Å². The van der Waals surface area contributed by atoms with Crippen LogP contribution in [0.25, 0.3) is 0 Å². The van der Waals surface area contributed by atoms with Crippen LogP contribution >= 0.6 is 11.6 Å². The van der Waals surface area contributed by atoms with E-state index >= 15 is 0 Å². The fourth-order valence-corrected chi connectivity index (χ4v) is 1.62. The van der Waals surface area contributed by atoms with Gasteiger partial charge in [0.05, 0.1) is 10.9 Å². The first-order valence-electron chi connectivity index (χ1n) is 4.39. The van der Waals surface area contributed by atoms with Crippen LogP contribution in [0.5, 0.6) is 5.75 Å². The van der Waals surface area contributed by atoms with E-state index in [2.05, 4.69) is 0 Å². The van der Waals surface area contributed by atoms with Crippen LogP contribution in [0.3, 0.4) is 0 Å². The van der Waals surface area contributed by atoms with E-state index in [1.165, 1.54) is 6.07 Å². The highest BCUT2D eigenvalue weighted by atomic mass is 35.5. The van der Waals surface area contributed by atoms with Crippen LogP contribution < -0.4 is 5.73 Å². The topological polar surface area (TPSA) is 83.6 Å². The lowest BCUT2D eigenvalue weighted by Crippen LogP contribution is -2.21. The van der Waals surface area contributed by atoms with Crippen molar-refractivity contribution in [1.29, 1.82) is 0 Å². The number of aromatic hydroxyl groups is 1. The standard InChI is InChI=1S/C10H12ClNO3/c1-5-2-6(3-8(11)9(5)13)7(4-12)10(14)15/h2-3,7,13H,4,12H2,1H3,(H,14,15). The normalized spacial score (nSPS) is 12.5. The fraction of sp³-hybridized carbons (Fsp3) is 0.300. The molecule has 0 aromatic heterocycles. The van der Waals surface area contributed by atoms with E-state index in [0.29, 0.717) is 11.1 Å². The average Bonchev–Trinajstić information content (AvgIpc) is 2.14. The Hall–Kier alpha value is -1.26. The summed E-state index contributed by atoms with van der Waals surface area (Å²) >= 11 is 5.74. The molecule has 0 fully saturated rings. The predicted octanol–water partition coefficient (Wildman–Crippen LogP) is 1.48. The summed E-state index contributed by atoms with van der Waals surface area (Å²) in [5.41, 5.74) is 6.40. The number of rotatable bonds is 3. The Morgan fingerprint density at radius 1 is 1.60 bits per heavy atom. The van der Waals surface area contributed by atoms with Gasteiger partial charge in [-0.1, -0.05) is 17.7 Å². The van der Waals surface area contributed by atoms with Gasteiger partial charge in [-0.2, -0.15) is 0 Å². The number of phenols is 1. The van der Waals surface area contributed by atoms with Crippen LogP contribution in [0.4, 0.5) is 0 Å². The Bertz CT molecular complexity index is 369. The minimum Gasteiger partial charge on any atom is -0.506 e. The molecule has 0 saturated heterocycles. The monoisotopic (exact) mass is 229 g/mol. The molecule has 0 amide bonds. The van der Waals surface area contributed by atoms with Gasteiger partial charge in [0.2, 0.25) is 0 Å². The zero-order valence-corrected chi connectivity index (χ0v) is 8.95. The molecule has 1 aromatic carbocycles.